The normalized spacial score (nSPS) is 11.5. The fourth-order valence-corrected chi connectivity index (χ4v) is 2.02. The molecule has 0 aliphatic carbocycles. The van der Waals surface area contributed by atoms with Gasteiger partial charge in [0, 0.05) is 11.8 Å². The molecule has 0 fully saturated rings. The van der Waals surface area contributed by atoms with Crippen molar-refractivity contribution in [1.82, 2.24) is 0 Å². The number of benzene rings is 1. The number of ether oxygens (including phenoxy) is 3. The fourth-order valence-electron chi connectivity index (χ4n) is 2.02. The summed E-state index contributed by atoms with van der Waals surface area (Å²) in [5.41, 5.74) is 6.01. The number of Topliss-reactive ketones (excluding diaryl/α,β-unsaturated/α-hetero) is 1. The highest BCUT2D eigenvalue weighted by Gasteiger charge is 2.13. The first kappa shape index (κ1) is 21.8. The fraction of sp³-hybridized carbons (Fsp3) is 0.350. The van der Waals surface area contributed by atoms with Crippen LogP contribution in [0, 0.1) is 11.3 Å². The quantitative estimate of drug-likeness (QED) is 0.382. The van der Waals surface area contributed by atoms with Crippen LogP contribution in [-0.4, -0.2) is 31.6 Å². The van der Waals surface area contributed by atoms with Crippen molar-refractivity contribution in [3.63, 3.8) is 0 Å². The van der Waals surface area contributed by atoms with Crippen molar-refractivity contribution in [3.05, 3.63) is 41.1 Å². The van der Waals surface area contributed by atoms with Crippen LogP contribution in [0.25, 0.3) is 6.08 Å². The molecule has 0 saturated carbocycles. The number of carbonyl (C=O) groups excluding carboxylic acids is 2. The number of rotatable bonds is 10. The zero-order valence-corrected chi connectivity index (χ0v) is 15.8. The molecule has 1 aromatic carbocycles. The van der Waals surface area contributed by atoms with Crippen LogP contribution >= 0.6 is 0 Å². The van der Waals surface area contributed by atoms with E-state index in [-0.39, 0.29) is 11.3 Å². The molecule has 0 aliphatic rings. The first-order valence-electron chi connectivity index (χ1n) is 8.57. The van der Waals surface area contributed by atoms with E-state index in [1.54, 1.807) is 24.3 Å². The maximum absolute atomic E-state index is 11.8. The molecular formula is C20H24N2O5. The monoisotopic (exact) mass is 372 g/mol. The molecule has 0 aromatic heterocycles. The van der Waals surface area contributed by atoms with Crippen LogP contribution in [0.2, 0.25) is 0 Å². The van der Waals surface area contributed by atoms with Gasteiger partial charge in [-0.1, -0.05) is 13.0 Å². The van der Waals surface area contributed by atoms with Crippen molar-refractivity contribution in [3.8, 4) is 17.6 Å². The number of nitrogens with zero attached hydrogens (tertiary/aromatic N) is 1. The Bertz CT molecular complexity index is 771. The average molecular weight is 372 g/mol. The summed E-state index contributed by atoms with van der Waals surface area (Å²) in [6, 6.07) is 6.98. The minimum atomic E-state index is -0.709. The molecule has 7 nitrogen and oxygen atoms in total. The van der Waals surface area contributed by atoms with Crippen LogP contribution in [0.4, 0.5) is 0 Å². The molecule has 27 heavy (non-hydrogen) atoms. The number of carbonyl (C=O) groups is 2. The van der Waals surface area contributed by atoms with Gasteiger partial charge in [0.15, 0.2) is 18.1 Å². The average Bonchev–Trinajstić information content (AvgIpc) is 2.64. The summed E-state index contributed by atoms with van der Waals surface area (Å²) in [4.78, 5) is 23.5. The van der Waals surface area contributed by atoms with E-state index in [1.807, 2.05) is 13.8 Å². The number of esters is 1. The van der Waals surface area contributed by atoms with Gasteiger partial charge in [0.1, 0.15) is 11.6 Å². The lowest BCUT2D eigenvalue weighted by molar-refractivity contribution is -0.141. The first-order chi connectivity index (χ1) is 12.9. The van der Waals surface area contributed by atoms with Gasteiger partial charge in [-0.2, -0.15) is 5.26 Å². The second-order valence-electron chi connectivity index (χ2n) is 5.52. The van der Waals surface area contributed by atoms with Crippen molar-refractivity contribution in [2.75, 3.05) is 19.8 Å². The summed E-state index contributed by atoms with van der Waals surface area (Å²) in [7, 11) is 0. The summed E-state index contributed by atoms with van der Waals surface area (Å²) in [5.74, 6) is -0.134. The molecule has 0 amide bonds. The van der Waals surface area contributed by atoms with Gasteiger partial charge in [0.2, 0.25) is 5.78 Å². The highest BCUT2D eigenvalue weighted by molar-refractivity contribution is 6.01. The maximum atomic E-state index is 11.8. The van der Waals surface area contributed by atoms with Crippen LogP contribution in [0.5, 0.6) is 11.5 Å². The van der Waals surface area contributed by atoms with Gasteiger partial charge in [-0.15, -0.1) is 0 Å². The molecule has 0 saturated heterocycles. The van der Waals surface area contributed by atoms with Crippen molar-refractivity contribution in [1.29, 1.82) is 5.26 Å². The summed E-state index contributed by atoms with van der Waals surface area (Å²) in [6.45, 7) is 5.83. The number of allylic oxidation sites excluding steroid dienone is 1. The Labute approximate surface area is 159 Å². The van der Waals surface area contributed by atoms with E-state index in [0.29, 0.717) is 30.3 Å². The molecule has 0 radical (unpaired) electrons. The van der Waals surface area contributed by atoms with E-state index in [4.69, 9.17) is 25.2 Å². The minimum Gasteiger partial charge on any atom is -0.490 e. The first-order valence-corrected chi connectivity index (χ1v) is 8.57. The standard InChI is InChI=1S/C20H24N2O5/c1-4-10-26-18-8-6-15(11-19(18)25-5-2)7-9-20(24)27-13-17(23)16(12-21)14(3)22/h6-9,11H,4-5,10,13,22H2,1-3H3. The lowest BCUT2D eigenvalue weighted by atomic mass is 10.1. The molecule has 0 spiro atoms. The van der Waals surface area contributed by atoms with Crippen molar-refractivity contribution >= 4 is 17.8 Å². The van der Waals surface area contributed by atoms with Crippen molar-refractivity contribution in [2.24, 2.45) is 5.73 Å². The van der Waals surface area contributed by atoms with Crippen molar-refractivity contribution in [2.45, 2.75) is 27.2 Å². The topological polar surface area (TPSA) is 112 Å². The van der Waals surface area contributed by atoms with E-state index < -0.39 is 18.4 Å². The Morgan fingerprint density at radius 1 is 1.22 bits per heavy atom. The Balaban J connectivity index is 2.74. The van der Waals surface area contributed by atoms with Crippen LogP contribution in [0.1, 0.15) is 32.8 Å². The van der Waals surface area contributed by atoms with Crippen LogP contribution in [-0.2, 0) is 14.3 Å². The third-order valence-electron chi connectivity index (χ3n) is 3.27. The highest BCUT2D eigenvalue weighted by Crippen LogP contribution is 2.29. The maximum Gasteiger partial charge on any atom is 0.331 e. The molecular weight excluding hydrogens is 348 g/mol. The zero-order valence-electron chi connectivity index (χ0n) is 15.8. The van der Waals surface area contributed by atoms with Crippen LogP contribution in [0.3, 0.4) is 0 Å². The molecule has 1 aromatic rings. The predicted octanol–water partition coefficient (Wildman–Crippen LogP) is 2.76. The molecule has 0 aliphatic heterocycles. The molecule has 1 rings (SSSR count). The molecule has 0 bridgehead atoms. The predicted molar refractivity (Wildman–Crippen MR) is 101 cm³/mol. The third kappa shape index (κ3) is 7.24. The van der Waals surface area contributed by atoms with E-state index in [9.17, 15) is 9.59 Å². The molecule has 0 unspecified atom stereocenters. The molecule has 0 atom stereocenters. The molecule has 0 heterocycles. The lowest BCUT2D eigenvalue weighted by Gasteiger charge is -2.12. The Kier molecular flexibility index (Phi) is 9.16. The molecule has 7 heteroatoms. The van der Waals surface area contributed by atoms with E-state index >= 15 is 0 Å². The number of nitrogens with two attached hydrogens (primary N) is 1. The van der Waals surface area contributed by atoms with Crippen LogP contribution in [0.15, 0.2) is 35.5 Å². The summed E-state index contributed by atoms with van der Waals surface area (Å²) in [6.07, 6.45) is 3.61. The van der Waals surface area contributed by atoms with Gasteiger partial charge in [0.25, 0.3) is 0 Å². The van der Waals surface area contributed by atoms with Gasteiger partial charge >= 0.3 is 5.97 Å². The third-order valence-corrected chi connectivity index (χ3v) is 3.27. The highest BCUT2D eigenvalue weighted by atomic mass is 16.5. The number of ketones is 1. The second-order valence-corrected chi connectivity index (χ2v) is 5.52. The van der Waals surface area contributed by atoms with E-state index in [2.05, 4.69) is 0 Å². The molecule has 2 N–H and O–H groups in total. The minimum absolute atomic E-state index is 0.0860. The zero-order chi connectivity index (χ0) is 20.2. The largest absolute Gasteiger partial charge is 0.490 e. The lowest BCUT2D eigenvalue weighted by Crippen LogP contribution is -2.16. The van der Waals surface area contributed by atoms with Crippen LogP contribution < -0.4 is 15.2 Å². The van der Waals surface area contributed by atoms with E-state index in [1.165, 1.54) is 19.1 Å². The smallest absolute Gasteiger partial charge is 0.331 e. The van der Waals surface area contributed by atoms with Gasteiger partial charge in [0.05, 0.1) is 13.2 Å². The number of nitriles is 1. The summed E-state index contributed by atoms with van der Waals surface area (Å²) in [5, 5.41) is 8.84. The Morgan fingerprint density at radius 2 is 1.96 bits per heavy atom. The Morgan fingerprint density at radius 3 is 2.56 bits per heavy atom. The second kappa shape index (κ2) is 11.4. The summed E-state index contributed by atoms with van der Waals surface area (Å²) < 4.78 is 16.0. The van der Waals surface area contributed by atoms with Gasteiger partial charge in [-0.3, -0.25) is 4.79 Å². The Hall–Kier alpha value is -3.27. The van der Waals surface area contributed by atoms with E-state index in [0.717, 1.165) is 6.42 Å². The van der Waals surface area contributed by atoms with Gasteiger partial charge < -0.3 is 19.9 Å². The van der Waals surface area contributed by atoms with Gasteiger partial charge in [-0.25, -0.2) is 4.79 Å². The summed E-state index contributed by atoms with van der Waals surface area (Å²) >= 11 is 0. The molecule has 144 valence electrons. The van der Waals surface area contributed by atoms with Crippen molar-refractivity contribution < 1.29 is 23.8 Å². The SMILES string of the molecule is CCCOc1ccc(C=CC(=O)OCC(=O)C(C#N)=C(C)N)cc1OCC. The number of hydrogen-bond donors (Lipinski definition) is 1. The van der Waals surface area contributed by atoms with Gasteiger partial charge in [-0.05, 0) is 44.0 Å². The number of hydrogen-bond acceptors (Lipinski definition) is 7.